The van der Waals surface area contributed by atoms with E-state index in [0.717, 1.165) is 57.7 Å². The van der Waals surface area contributed by atoms with Gasteiger partial charge in [0.25, 0.3) is 0 Å². The first-order chi connectivity index (χ1) is 19.5. The Morgan fingerprint density at radius 2 is 1.27 bits per heavy atom. The Labute approximate surface area is 304 Å². The highest BCUT2D eigenvalue weighted by Gasteiger charge is 2.37. The van der Waals surface area contributed by atoms with E-state index < -0.39 is 0 Å². The summed E-state index contributed by atoms with van der Waals surface area (Å²) in [4.78, 5) is 11.6. The molecule has 218 valence electrons. The lowest BCUT2D eigenvalue weighted by atomic mass is 10.2. The SMILES string of the molecule is CCCOC1N(c2c(Br)cc(Br)cc2Br)CCN1c1c(Br)cc(Br)cc1Br.Clc1cc(Cl)c(-c2ncc[nH]2)c(Cl)c1. The number of aromatic nitrogens is 2. The molecule has 2 heterocycles. The van der Waals surface area contributed by atoms with Gasteiger partial charge in [-0.1, -0.05) is 73.6 Å². The maximum Gasteiger partial charge on any atom is 0.210 e. The van der Waals surface area contributed by atoms with Crippen molar-refractivity contribution >= 4 is 142 Å². The van der Waals surface area contributed by atoms with Crippen molar-refractivity contribution < 1.29 is 4.74 Å². The van der Waals surface area contributed by atoms with Crippen LogP contribution in [0.2, 0.25) is 15.1 Å². The number of H-pyrrole nitrogens is 1. The highest BCUT2D eigenvalue weighted by molar-refractivity contribution is 9.12. The lowest BCUT2D eigenvalue weighted by molar-refractivity contribution is 0.0630. The van der Waals surface area contributed by atoms with Gasteiger partial charge in [0.1, 0.15) is 5.82 Å². The van der Waals surface area contributed by atoms with Gasteiger partial charge >= 0.3 is 0 Å². The van der Waals surface area contributed by atoms with Crippen molar-refractivity contribution in [2.45, 2.75) is 19.7 Å². The Balaban J connectivity index is 0.000000231. The third kappa shape index (κ3) is 8.27. The molecule has 0 amide bonds. The molecule has 4 aromatic rings. The Morgan fingerprint density at radius 1 is 0.805 bits per heavy atom. The summed E-state index contributed by atoms with van der Waals surface area (Å²) in [7, 11) is 0. The number of hydrogen-bond acceptors (Lipinski definition) is 4. The van der Waals surface area contributed by atoms with Crippen molar-refractivity contribution in [1.29, 1.82) is 0 Å². The van der Waals surface area contributed by atoms with E-state index in [4.69, 9.17) is 39.5 Å². The Kier molecular flexibility index (Phi) is 12.8. The van der Waals surface area contributed by atoms with Crippen LogP contribution in [-0.2, 0) is 4.74 Å². The number of halogens is 9. The molecule has 0 bridgehead atoms. The number of imidazole rings is 1. The van der Waals surface area contributed by atoms with Crippen molar-refractivity contribution in [3.8, 4) is 11.4 Å². The van der Waals surface area contributed by atoms with Crippen LogP contribution in [0.3, 0.4) is 0 Å². The molecule has 5 nitrogen and oxygen atoms in total. The van der Waals surface area contributed by atoms with E-state index in [1.807, 2.05) is 0 Å². The summed E-state index contributed by atoms with van der Waals surface area (Å²) in [6.45, 7) is 4.51. The molecule has 1 aliphatic rings. The van der Waals surface area contributed by atoms with Crippen LogP contribution in [0.15, 0.2) is 75.6 Å². The topological polar surface area (TPSA) is 44.4 Å². The monoisotopic (exact) mass is 996 g/mol. The molecule has 1 aromatic heterocycles. The molecule has 0 atom stereocenters. The second-order valence-electron chi connectivity index (χ2n) is 8.70. The van der Waals surface area contributed by atoms with Gasteiger partial charge in [0.05, 0.1) is 33.6 Å². The molecular weight excluding hydrogens is 982 g/mol. The molecule has 0 radical (unpaired) electrons. The molecule has 1 N–H and O–H groups in total. The lowest BCUT2D eigenvalue weighted by Crippen LogP contribution is -2.42. The van der Waals surface area contributed by atoms with Crippen molar-refractivity contribution in [1.82, 2.24) is 9.97 Å². The number of ether oxygens (including phenoxy) is 1. The van der Waals surface area contributed by atoms with Crippen LogP contribution in [-0.4, -0.2) is 36.0 Å². The fourth-order valence-corrected chi connectivity index (χ4v) is 10.7. The molecule has 0 aliphatic carbocycles. The summed E-state index contributed by atoms with van der Waals surface area (Å²) in [5.41, 5.74) is 2.85. The first kappa shape index (κ1) is 34.1. The van der Waals surface area contributed by atoms with Gasteiger partial charge < -0.3 is 19.5 Å². The van der Waals surface area contributed by atoms with Gasteiger partial charge in [0.15, 0.2) is 0 Å². The van der Waals surface area contributed by atoms with Crippen molar-refractivity contribution in [2.75, 3.05) is 29.5 Å². The van der Waals surface area contributed by atoms with Crippen LogP contribution >= 0.6 is 130 Å². The summed E-state index contributed by atoms with van der Waals surface area (Å²) >= 11 is 39.8. The van der Waals surface area contributed by atoms with E-state index in [0.29, 0.717) is 33.1 Å². The van der Waals surface area contributed by atoms with Crippen molar-refractivity contribution in [3.05, 3.63) is 90.7 Å². The Hall–Kier alpha value is 0.180. The lowest BCUT2D eigenvalue weighted by Gasteiger charge is -2.34. The summed E-state index contributed by atoms with van der Waals surface area (Å²) in [5, 5.41) is 1.48. The van der Waals surface area contributed by atoms with Gasteiger partial charge in [-0.25, -0.2) is 4.98 Å². The maximum absolute atomic E-state index is 6.31. The average Bonchev–Trinajstić information content (AvgIpc) is 3.52. The zero-order valence-electron chi connectivity index (χ0n) is 21.2. The molecule has 0 spiro atoms. The van der Waals surface area contributed by atoms with Crippen LogP contribution < -0.4 is 9.80 Å². The third-order valence-corrected chi connectivity index (χ3v) is 10.0. The van der Waals surface area contributed by atoms with E-state index in [2.05, 4.69) is 147 Å². The molecule has 41 heavy (non-hydrogen) atoms. The van der Waals surface area contributed by atoms with Gasteiger partial charge in [0.2, 0.25) is 6.35 Å². The van der Waals surface area contributed by atoms with Crippen LogP contribution in [0.25, 0.3) is 11.4 Å². The standard InChI is InChI=1S/C18H16Br6N2O.C9H5Cl3N2/c1-2-5-27-18-25(16-12(21)6-10(19)7-13(16)22)3-4-26(18)17-14(23)8-11(20)9-15(17)24;10-5-3-6(11)8(7(12)4-5)9-13-1-2-14-9/h6-9,18H,2-5H2,1H3;1-4H,(H,13,14). The highest BCUT2D eigenvalue weighted by atomic mass is 79.9. The van der Waals surface area contributed by atoms with Gasteiger partial charge in [-0.15, -0.1) is 0 Å². The molecule has 1 fully saturated rings. The van der Waals surface area contributed by atoms with Crippen LogP contribution in [0.5, 0.6) is 0 Å². The molecule has 1 aliphatic heterocycles. The molecule has 1 saturated heterocycles. The molecule has 14 heteroatoms. The number of benzene rings is 3. The summed E-state index contributed by atoms with van der Waals surface area (Å²) < 4.78 is 12.4. The minimum absolute atomic E-state index is 0.201. The first-order valence-corrected chi connectivity index (χ1v) is 18.0. The third-order valence-electron chi connectivity index (χ3n) is 5.87. The highest BCUT2D eigenvalue weighted by Crippen LogP contribution is 2.44. The quantitative estimate of drug-likeness (QED) is 0.209. The summed E-state index contributed by atoms with van der Waals surface area (Å²) in [5.74, 6) is 0.636. The largest absolute Gasteiger partial charge is 0.345 e. The van der Waals surface area contributed by atoms with Gasteiger partial charge in [-0.3, -0.25) is 0 Å². The predicted octanol–water partition coefficient (Wildman–Crippen LogP) is 12.3. The Morgan fingerprint density at radius 3 is 1.66 bits per heavy atom. The molecule has 0 unspecified atom stereocenters. The van der Waals surface area contributed by atoms with Crippen LogP contribution in [0.4, 0.5) is 11.4 Å². The number of aromatic amines is 1. The van der Waals surface area contributed by atoms with Crippen LogP contribution in [0, 0.1) is 0 Å². The summed E-state index contributed by atoms with van der Waals surface area (Å²) in [6, 6.07) is 11.5. The van der Waals surface area contributed by atoms with Gasteiger partial charge in [0, 0.05) is 57.3 Å². The average molecular weight is 1000 g/mol. The number of hydrogen-bond donors (Lipinski definition) is 1. The minimum Gasteiger partial charge on any atom is -0.345 e. The van der Waals surface area contributed by atoms with Gasteiger partial charge in [-0.05, 0) is 107 Å². The molecule has 5 rings (SSSR count). The fourth-order valence-electron chi connectivity index (χ4n) is 4.24. The second-order valence-corrected chi connectivity index (χ2v) is 15.2. The molecular formula is C27H21Br6Cl3N4O. The predicted molar refractivity (Wildman–Crippen MR) is 193 cm³/mol. The van der Waals surface area contributed by atoms with Gasteiger partial charge in [-0.2, -0.15) is 0 Å². The smallest absolute Gasteiger partial charge is 0.210 e. The van der Waals surface area contributed by atoms with Crippen LogP contribution in [0.1, 0.15) is 13.3 Å². The van der Waals surface area contributed by atoms with E-state index >= 15 is 0 Å². The molecule has 0 saturated carbocycles. The maximum atomic E-state index is 6.31. The number of nitrogens with one attached hydrogen (secondary N) is 1. The van der Waals surface area contributed by atoms with E-state index in [1.54, 1.807) is 24.5 Å². The normalized spacial score (nSPS) is 13.5. The van der Waals surface area contributed by atoms with Crippen molar-refractivity contribution in [3.63, 3.8) is 0 Å². The van der Waals surface area contributed by atoms with E-state index in [-0.39, 0.29) is 6.35 Å². The Bertz CT molecular complexity index is 1390. The first-order valence-electron chi connectivity index (χ1n) is 12.1. The number of rotatable bonds is 6. The van der Waals surface area contributed by atoms with E-state index in [9.17, 15) is 0 Å². The van der Waals surface area contributed by atoms with E-state index in [1.165, 1.54) is 0 Å². The summed E-state index contributed by atoms with van der Waals surface area (Å²) in [6.07, 6.45) is 4.10. The van der Waals surface area contributed by atoms with Crippen molar-refractivity contribution in [2.24, 2.45) is 0 Å². The number of anilines is 2. The zero-order valence-corrected chi connectivity index (χ0v) is 33.0. The second kappa shape index (κ2) is 15.5. The minimum atomic E-state index is -0.201. The zero-order chi connectivity index (χ0) is 29.8. The number of nitrogens with zero attached hydrogens (tertiary/aromatic N) is 3. The fraction of sp³-hybridized carbons (Fsp3) is 0.222. The molecule has 3 aromatic carbocycles.